The van der Waals surface area contributed by atoms with Crippen LogP contribution in [0.4, 0.5) is 0 Å². The number of unbranched alkanes of at least 4 members (excludes halogenated alkanes) is 14. The van der Waals surface area contributed by atoms with Gasteiger partial charge < -0.3 is 5.11 Å². The molecule has 0 spiro atoms. The van der Waals surface area contributed by atoms with Crippen LogP contribution < -0.4 is 0 Å². The third-order valence-corrected chi connectivity index (χ3v) is 7.32. The minimum Gasteiger partial charge on any atom is -0.368 e. The van der Waals surface area contributed by atoms with E-state index < -0.39 is 16.3 Å². The molecule has 0 saturated heterocycles. The fraction of sp³-hybridized carbons (Fsp3) is 1.00. The molecular weight excluding hydrogens is 388 g/mol. The van der Waals surface area contributed by atoms with Crippen LogP contribution in [0.2, 0.25) is 0 Å². The molecule has 0 heterocycles. The summed E-state index contributed by atoms with van der Waals surface area (Å²) in [4.78, 5) is 10.5. The Kier molecular flexibility index (Phi) is 19.1. The summed E-state index contributed by atoms with van der Waals surface area (Å²) in [6.07, 6.45) is 16.4. The van der Waals surface area contributed by atoms with Crippen molar-refractivity contribution in [3.8, 4) is 0 Å². The van der Waals surface area contributed by atoms with Crippen LogP contribution in [-0.4, -0.2) is 42.9 Å². The van der Waals surface area contributed by atoms with Gasteiger partial charge in [0.05, 0.1) is 12.3 Å². The first kappa shape index (κ1) is 28.5. The molecule has 0 aromatic rings. The molecule has 0 saturated carbocycles. The summed E-state index contributed by atoms with van der Waals surface area (Å²) in [6.45, 7) is 4.52. The first-order valence-corrected chi connectivity index (χ1v) is 13.6. The quantitative estimate of drug-likeness (QED) is 0.168. The van der Waals surface area contributed by atoms with E-state index in [4.69, 9.17) is 0 Å². The zero-order valence-electron chi connectivity index (χ0n) is 19.0. The van der Waals surface area contributed by atoms with E-state index in [0.717, 1.165) is 38.5 Å². The number of aliphatic hydroxyl groups excluding tert-OH is 1. The Hall–Kier alpha value is -0.530. The summed E-state index contributed by atoms with van der Waals surface area (Å²) in [7, 11) is -3.46. The van der Waals surface area contributed by atoms with Crippen molar-refractivity contribution >= 4 is 10.0 Å². The Labute approximate surface area is 179 Å². The van der Waals surface area contributed by atoms with Gasteiger partial charge in [0, 0.05) is 6.54 Å². The smallest absolute Gasteiger partial charge is 0.214 e. The third kappa shape index (κ3) is 16.9. The molecule has 0 rings (SSSR count). The van der Waals surface area contributed by atoms with E-state index in [1.807, 2.05) is 0 Å². The van der Waals surface area contributed by atoms with Crippen molar-refractivity contribution in [2.45, 2.75) is 123 Å². The molecule has 0 radical (unpaired) electrons. The Bertz CT molecular complexity index is 471. The van der Waals surface area contributed by atoms with E-state index in [2.05, 4.69) is 19.0 Å². The molecule has 0 fully saturated rings. The van der Waals surface area contributed by atoms with Crippen LogP contribution in [0.3, 0.4) is 0 Å². The minimum atomic E-state index is -3.46. The van der Waals surface area contributed by atoms with Crippen LogP contribution in [0.5, 0.6) is 0 Å². The second-order valence-corrected chi connectivity index (χ2v) is 10.3. The number of hydrogen-bond donors (Lipinski definition) is 1. The molecule has 0 aromatic heterocycles. The number of nitrogens with zero attached hydrogens (tertiary/aromatic N) is 2. The van der Waals surface area contributed by atoms with E-state index in [1.165, 1.54) is 62.1 Å². The van der Waals surface area contributed by atoms with Gasteiger partial charge in [-0.15, -0.1) is 4.91 Å². The van der Waals surface area contributed by atoms with E-state index in [1.54, 1.807) is 0 Å². The van der Waals surface area contributed by atoms with Crippen molar-refractivity contribution in [1.82, 2.24) is 4.31 Å². The Morgan fingerprint density at radius 2 is 1.14 bits per heavy atom. The molecule has 1 atom stereocenters. The lowest BCUT2D eigenvalue weighted by atomic mass is 10.1. The molecule has 6 nitrogen and oxygen atoms in total. The fourth-order valence-electron chi connectivity index (χ4n) is 3.53. The van der Waals surface area contributed by atoms with Gasteiger partial charge >= 0.3 is 0 Å². The number of aliphatic hydroxyl groups is 1. The molecular formula is C22H46N2O4S. The highest BCUT2D eigenvalue weighted by Gasteiger charge is 2.24. The molecule has 0 aromatic carbocycles. The van der Waals surface area contributed by atoms with Crippen molar-refractivity contribution < 1.29 is 13.5 Å². The first-order chi connectivity index (χ1) is 14.0. The van der Waals surface area contributed by atoms with Crippen molar-refractivity contribution in [1.29, 1.82) is 0 Å². The van der Waals surface area contributed by atoms with Gasteiger partial charge in [-0.1, -0.05) is 104 Å². The highest BCUT2D eigenvalue weighted by molar-refractivity contribution is 7.89. The van der Waals surface area contributed by atoms with E-state index in [-0.39, 0.29) is 12.3 Å². The van der Waals surface area contributed by atoms with Crippen LogP contribution in [0, 0.1) is 4.91 Å². The molecule has 1 unspecified atom stereocenters. The summed E-state index contributed by atoms with van der Waals surface area (Å²) in [5, 5.41) is 12.1. The van der Waals surface area contributed by atoms with Gasteiger partial charge in [0.15, 0.2) is 0 Å². The van der Waals surface area contributed by atoms with Crippen LogP contribution in [0.25, 0.3) is 0 Å². The molecule has 29 heavy (non-hydrogen) atoms. The van der Waals surface area contributed by atoms with Gasteiger partial charge in [0.2, 0.25) is 16.3 Å². The molecule has 0 aliphatic heterocycles. The summed E-state index contributed by atoms with van der Waals surface area (Å²) >= 11 is 0. The molecule has 0 aliphatic carbocycles. The van der Waals surface area contributed by atoms with Crippen LogP contribution in [-0.2, 0) is 10.0 Å². The van der Waals surface area contributed by atoms with Crippen molar-refractivity contribution in [3.63, 3.8) is 0 Å². The Balaban J connectivity index is 4.15. The van der Waals surface area contributed by atoms with Crippen LogP contribution in [0.15, 0.2) is 5.18 Å². The fourth-order valence-corrected chi connectivity index (χ4v) is 5.12. The normalized spacial score (nSPS) is 13.1. The maximum Gasteiger partial charge on any atom is 0.214 e. The lowest BCUT2D eigenvalue weighted by Crippen LogP contribution is -2.39. The van der Waals surface area contributed by atoms with Gasteiger partial charge in [0.1, 0.15) is 0 Å². The standard InChI is InChI=1S/C22H46N2O4S/c1-3-5-7-9-11-12-13-14-15-17-19-24(21-22(25)23-26)29(27,28)20-18-16-10-8-6-4-2/h22,25H,3-21H2,1-2H3. The molecule has 7 heteroatoms. The molecule has 0 aliphatic rings. The van der Waals surface area contributed by atoms with Gasteiger partial charge in [-0.3, -0.25) is 0 Å². The van der Waals surface area contributed by atoms with E-state index in [0.29, 0.717) is 13.0 Å². The first-order valence-electron chi connectivity index (χ1n) is 12.0. The van der Waals surface area contributed by atoms with Crippen LogP contribution >= 0.6 is 0 Å². The summed E-state index contributed by atoms with van der Waals surface area (Å²) < 4.78 is 26.5. The summed E-state index contributed by atoms with van der Waals surface area (Å²) in [5.41, 5.74) is 0. The highest BCUT2D eigenvalue weighted by atomic mass is 32.2. The van der Waals surface area contributed by atoms with Crippen molar-refractivity contribution in [2.75, 3.05) is 18.8 Å². The second-order valence-electron chi connectivity index (χ2n) is 8.21. The molecule has 0 amide bonds. The van der Waals surface area contributed by atoms with E-state index in [9.17, 15) is 18.4 Å². The average molecular weight is 435 g/mol. The maximum absolute atomic E-state index is 12.6. The van der Waals surface area contributed by atoms with Gasteiger partial charge in [-0.2, -0.15) is 4.31 Å². The lowest BCUT2D eigenvalue weighted by Gasteiger charge is -2.22. The molecule has 0 bridgehead atoms. The lowest BCUT2D eigenvalue weighted by molar-refractivity contribution is 0.152. The molecule has 1 N–H and O–H groups in total. The minimum absolute atomic E-state index is 0.0858. The molecule has 174 valence electrons. The van der Waals surface area contributed by atoms with Crippen molar-refractivity contribution in [3.05, 3.63) is 4.91 Å². The van der Waals surface area contributed by atoms with Crippen molar-refractivity contribution in [2.24, 2.45) is 5.18 Å². The topological polar surface area (TPSA) is 87.0 Å². The largest absolute Gasteiger partial charge is 0.368 e. The average Bonchev–Trinajstić information content (AvgIpc) is 2.70. The highest BCUT2D eigenvalue weighted by Crippen LogP contribution is 2.14. The SMILES string of the molecule is CCCCCCCCCCCCN(CC(O)N=O)S(=O)(=O)CCCCCCCC. The number of sulfonamides is 1. The van der Waals surface area contributed by atoms with Gasteiger partial charge in [-0.05, 0) is 18.0 Å². The second kappa shape index (κ2) is 19.4. The zero-order valence-corrected chi connectivity index (χ0v) is 19.8. The number of nitroso groups, excluding NO2 is 1. The maximum atomic E-state index is 12.6. The number of hydrogen-bond acceptors (Lipinski definition) is 5. The third-order valence-electron chi connectivity index (χ3n) is 5.40. The predicted octanol–water partition coefficient (Wildman–Crippen LogP) is 5.98. The van der Waals surface area contributed by atoms with E-state index >= 15 is 0 Å². The van der Waals surface area contributed by atoms with Crippen LogP contribution in [0.1, 0.15) is 117 Å². The van der Waals surface area contributed by atoms with Gasteiger partial charge in [0.25, 0.3) is 0 Å². The monoisotopic (exact) mass is 434 g/mol. The Morgan fingerprint density at radius 1 is 0.724 bits per heavy atom. The summed E-state index contributed by atoms with van der Waals surface area (Å²) in [5.74, 6) is 0.0858. The summed E-state index contributed by atoms with van der Waals surface area (Å²) in [6, 6.07) is 0. The number of rotatable bonds is 22. The Morgan fingerprint density at radius 3 is 1.59 bits per heavy atom. The predicted molar refractivity (Wildman–Crippen MR) is 122 cm³/mol. The zero-order chi connectivity index (χ0) is 21.8. The van der Waals surface area contributed by atoms with Gasteiger partial charge in [-0.25, -0.2) is 8.42 Å².